The summed E-state index contributed by atoms with van der Waals surface area (Å²) < 4.78 is 12.0. The van der Waals surface area contributed by atoms with E-state index in [0.29, 0.717) is 55.4 Å². The van der Waals surface area contributed by atoms with Crippen LogP contribution < -0.4 is 0 Å². The molecule has 6 saturated heterocycles. The number of carboxylic acids is 1. The standard InChI is InChI=1S/C31H36N2O7/c34-28(32-13-20-21(14-32)25-7-6-24(20)39-25)11-18(10-17-4-2-1-3-5-17)30(36)19(31(37)38)12-29(35)33-15-22-23(16-33)27-9-8-26(22)40-27/h1-5,10,19-27H,6-9,11-16H2,(H,37,38)/b18-10-. The SMILES string of the molecule is O=C(O)C(CC(=O)N1CC2C3CCC(O3)C2C1)C(=O)/C(=C\c1ccccc1)CC(=O)N1CC2C3CCC(O3)C2C1. The lowest BCUT2D eigenvalue weighted by Gasteiger charge is -2.22. The van der Waals surface area contributed by atoms with Crippen molar-refractivity contribution in [3.63, 3.8) is 0 Å². The number of hydrogen-bond donors (Lipinski definition) is 1. The Morgan fingerprint density at radius 1 is 0.775 bits per heavy atom. The first-order valence-electron chi connectivity index (χ1n) is 14.7. The van der Waals surface area contributed by atoms with Crippen LogP contribution in [0.2, 0.25) is 0 Å². The highest BCUT2D eigenvalue weighted by molar-refractivity contribution is 6.13. The molecule has 9 atom stereocenters. The van der Waals surface area contributed by atoms with Crippen LogP contribution >= 0.6 is 0 Å². The number of carbonyl (C=O) groups is 4. The first-order chi connectivity index (χ1) is 19.4. The first-order valence-corrected chi connectivity index (χ1v) is 14.7. The maximum atomic E-state index is 13.8. The normalized spacial score (nSPS) is 36.1. The molecule has 212 valence electrons. The van der Waals surface area contributed by atoms with E-state index in [1.165, 1.54) is 0 Å². The maximum Gasteiger partial charge on any atom is 0.314 e. The number of ether oxygens (including phenoxy) is 2. The van der Waals surface area contributed by atoms with Crippen LogP contribution in [0.25, 0.3) is 6.08 Å². The molecule has 40 heavy (non-hydrogen) atoms. The third-order valence-corrected chi connectivity index (χ3v) is 10.4. The largest absolute Gasteiger partial charge is 0.481 e. The molecule has 4 bridgehead atoms. The van der Waals surface area contributed by atoms with Crippen molar-refractivity contribution in [2.45, 2.75) is 62.9 Å². The molecule has 0 saturated carbocycles. The number of likely N-dealkylation sites (tertiary alicyclic amines) is 2. The van der Waals surface area contributed by atoms with Crippen LogP contribution in [0.4, 0.5) is 0 Å². The number of nitrogens with zero attached hydrogens (tertiary/aromatic N) is 2. The van der Waals surface area contributed by atoms with Gasteiger partial charge in [-0.05, 0) is 37.3 Å². The lowest BCUT2D eigenvalue weighted by molar-refractivity contribution is -0.149. The van der Waals surface area contributed by atoms with Crippen molar-refractivity contribution in [1.82, 2.24) is 9.80 Å². The minimum atomic E-state index is -1.54. The third-order valence-electron chi connectivity index (χ3n) is 10.4. The molecule has 0 radical (unpaired) electrons. The van der Waals surface area contributed by atoms with Crippen molar-refractivity contribution in [2.24, 2.45) is 29.6 Å². The zero-order chi connectivity index (χ0) is 27.5. The van der Waals surface area contributed by atoms with Gasteiger partial charge in [0.1, 0.15) is 5.92 Å². The average molecular weight is 549 g/mol. The second-order valence-corrected chi connectivity index (χ2v) is 12.5. The number of carboxylic acid groups (broad SMARTS) is 1. The zero-order valence-electron chi connectivity index (χ0n) is 22.5. The molecule has 2 amide bonds. The van der Waals surface area contributed by atoms with Gasteiger partial charge in [-0.1, -0.05) is 30.3 Å². The van der Waals surface area contributed by atoms with Crippen LogP contribution in [-0.2, 0) is 28.7 Å². The molecule has 7 rings (SSSR count). The molecular formula is C31H36N2O7. The summed E-state index contributed by atoms with van der Waals surface area (Å²) in [4.78, 5) is 56.4. The van der Waals surface area contributed by atoms with Gasteiger partial charge in [0.15, 0.2) is 5.78 Å². The van der Waals surface area contributed by atoms with Crippen LogP contribution in [0, 0.1) is 29.6 Å². The van der Waals surface area contributed by atoms with Crippen molar-refractivity contribution in [3.05, 3.63) is 41.5 Å². The molecule has 1 aromatic rings. The van der Waals surface area contributed by atoms with E-state index in [9.17, 15) is 24.3 Å². The van der Waals surface area contributed by atoms with Crippen LogP contribution in [0.3, 0.4) is 0 Å². The van der Waals surface area contributed by atoms with Gasteiger partial charge in [0.25, 0.3) is 0 Å². The lowest BCUT2D eigenvalue weighted by atomic mass is 9.82. The Balaban J connectivity index is 1.07. The molecule has 6 fully saturated rings. The average Bonchev–Trinajstić information content (AvgIpc) is 3.77. The second kappa shape index (κ2) is 10.1. The summed E-state index contributed by atoms with van der Waals surface area (Å²) in [5.41, 5.74) is 0.846. The Bertz CT molecular complexity index is 1210. The summed E-state index contributed by atoms with van der Waals surface area (Å²) in [6.45, 7) is 2.33. The minimum absolute atomic E-state index is 0.136. The fourth-order valence-electron chi connectivity index (χ4n) is 8.38. The molecule has 0 aromatic heterocycles. The van der Waals surface area contributed by atoms with E-state index >= 15 is 0 Å². The fourth-order valence-corrected chi connectivity index (χ4v) is 8.38. The topological polar surface area (TPSA) is 113 Å². The number of carbonyl (C=O) groups excluding carboxylic acids is 3. The van der Waals surface area contributed by atoms with Gasteiger partial charge in [-0.3, -0.25) is 19.2 Å². The van der Waals surface area contributed by atoms with Crippen LogP contribution in [0.1, 0.15) is 44.1 Å². The number of benzene rings is 1. The molecule has 9 unspecified atom stereocenters. The zero-order valence-corrected chi connectivity index (χ0v) is 22.5. The number of Topliss-reactive ketones (excluding diaryl/α,β-unsaturated/α-hetero) is 1. The fraction of sp³-hybridized carbons (Fsp3) is 0.613. The monoisotopic (exact) mass is 548 g/mol. The number of aliphatic carboxylic acids is 1. The molecule has 6 aliphatic rings. The highest BCUT2D eigenvalue weighted by atomic mass is 16.5. The molecule has 0 aliphatic carbocycles. The van der Waals surface area contributed by atoms with Crippen molar-refractivity contribution in [2.75, 3.05) is 26.2 Å². The van der Waals surface area contributed by atoms with E-state index < -0.39 is 24.1 Å². The van der Waals surface area contributed by atoms with E-state index in [1.54, 1.807) is 11.0 Å². The van der Waals surface area contributed by atoms with Crippen molar-refractivity contribution < 1.29 is 33.8 Å². The molecular weight excluding hydrogens is 512 g/mol. The Kier molecular flexibility index (Phi) is 6.54. The molecule has 9 heteroatoms. The summed E-state index contributed by atoms with van der Waals surface area (Å²) in [5, 5.41) is 10.1. The van der Waals surface area contributed by atoms with Crippen molar-refractivity contribution in [3.8, 4) is 0 Å². The maximum absolute atomic E-state index is 13.8. The van der Waals surface area contributed by atoms with Gasteiger partial charge in [0, 0.05) is 61.8 Å². The van der Waals surface area contributed by atoms with Crippen LogP contribution in [0.5, 0.6) is 0 Å². The Morgan fingerprint density at radius 2 is 1.25 bits per heavy atom. The van der Waals surface area contributed by atoms with E-state index in [2.05, 4.69) is 0 Å². The summed E-state index contributed by atoms with van der Waals surface area (Å²) in [7, 11) is 0. The van der Waals surface area contributed by atoms with Crippen molar-refractivity contribution >= 4 is 29.6 Å². The Labute approximate surface area is 233 Å². The van der Waals surface area contributed by atoms with Gasteiger partial charge < -0.3 is 24.4 Å². The van der Waals surface area contributed by atoms with Crippen LogP contribution in [-0.4, -0.2) is 89.1 Å². The molecule has 1 N–H and O–H groups in total. The lowest BCUT2D eigenvalue weighted by Crippen LogP contribution is -2.37. The molecule has 1 aromatic carbocycles. The second-order valence-electron chi connectivity index (χ2n) is 12.5. The van der Waals surface area contributed by atoms with Crippen LogP contribution in [0.15, 0.2) is 35.9 Å². The summed E-state index contributed by atoms with van der Waals surface area (Å²) in [6.07, 6.45) is 5.90. The predicted molar refractivity (Wildman–Crippen MR) is 143 cm³/mol. The summed E-state index contributed by atoms with van der Waals surface area (Å²) in [6, 6.07) is 9.13. The van der Waals surface area contributed by atoms with Gasteiger partial charge in [-0.25, -0.2) is 0 Å². The highest BCUT2D eigenvalue weighted by Crippen LogP contribution is 2.48. The number of ketones is 1. The van der Waals surface area contributed by atoms with E-state index in [0.717, 1.165) is 25.7 Å². The van der Waals surface area contributed by atoms with Gasteiger partial charge >= 0.3 is 5.97 Å². The highest BCUT2D eigenvalue weighted by Gasteiger charge is 2.55. The van der Waals surface area contributed by atoms with E-state index in [4.69, 9.17) is 9.47 Å². The molecule has 0 spiro atoms. The predicted octanol–water partition coefficient (Wildman–Crippen LogP) is 2.39. The number of fused-ring (bicyclic) bond motifs is 10. The molecule has 6 aliphatic heterocycles. The van der Waals surface area contributed by atoms with E-state index in [-0.39, 0.29) is 48.2 Å². The molecule has 6 heterocycles. The summed E-state index contributed by atoms with van der Waals surface area (Å²) in [5.74, 6) is -2.76. The smallest absolute Gasteiger partial charge is 0.314 e. The molecule has 9 nitrogen and oxygen atoms in total. The van der Waals surface area contributed by atoms with Gasteiger partial charge in [0.05, 0.1) is 30.8 Å². The number of rotatable bonds is 8. The Hall–Kier alpha value is -3.04. The van der Waals surface area contributed by atoms with Gasteiger partial charge in [-0.15, -0.1) is 0 Å². The minimum Gasteiger partial charge on any atom is -0.481 e. The van der Waals surface area contributed by atoms with Crippen molar-refractivity contribution in [1.29, 1.82) is 0 Å². The quantitative estimate of drug-likeness (QED) is 0.392. The Morgan fingerprint density at radius 3 is 1.73 bits per heavy atom. The van der Waals surface area contributed by atoms with Gasteiger partial charge in [-0.2, -0.15) is 0 Å². The first kappa shape index (κ1) is 25.9. The van der Waals surface area contributed by atoms with E-state index in [1.807, 2.05) is 35.2 Å². The third kappa shape index (κ3) is 4.47. The van der Waals surface area contributed by atoms with Gasteiger partial charge in [0.2, 0.25) is 11.8 Å². The number of hydrogen-bond acceptors (Lipinski definition) is 6. The summed E-state index contributed by atoms with van der Waals surface area (Å²) >= 11 is 0. The number of amides is 2.